The second-order valence-electron chi connectivity index (χ2n) is 14.2. The Morgan fingerprint density at radius 1 is 0.981 bits per heavy atom. The summed E-state index contributed by atoms with van der Waals surface area (Å²) in [7, 11) is 1.85. The van der Waals surface area contributed by atoms with Gasteiger partial charge in [-0.3, -0.25) is 28.6 Å². The number of nitrogens with zero attached hydrogens (tertiary/aromatic N) is 8. The van der Waals surface area contributed by atoms with Crippen molar-refractivity contribution in [2.75, 3.05) is 26.2 Å². The molecule has 8 rings (SSSR count). The van der Waals surface area contributed by atoms with Gasteiger partial charge in [0.05, 0.1) is 46.1 Å². The van der Waals surface area contributed by atoms with Crippen molar-refractivity contribution in [3.8, 4) is 21.0 Å². The summed E-state index contributed by atoms with van der Waals surface area (Å²) in [5, 5.41) is 19.0. The van der Waals surface area contributed by atoms with Crippen LogP contribution < -0.4 is 5.56 Å². The summed E-state index contributed by atoms with van der Waals surface area (Å²) in [5.41, 5.74) is 3.68. The summed E-state index contributed by atoms with van der Waals surface area (Å²) in [6, 6.07) is 13.9. The maximum atomic E-state index is 14.3. The van der Waals surface area contributed by atoms with Crippen LogP contribution in [-0.2, 0) is 18.4 Å². The monoisotopic (exact) mass is 748 g/mol. The number of hydrogen-bond acceptors (Lipinski definition) is 10. The van der Waals surface area contributed by atoms with E-state index in [0.717, 1.165) is 32.3 Å². The zero-order valence-corrected chi connectivity index (χ0v) is 31.4. The Kier molecular flexibility index (Phi) is 9.29. The molecule has 2 saturated heterocycles. The van der Waals surface area contributed by atoms with Gasteiger partial charge in [-0.15, -0.1) is 22.7 Å². The zero-order valence-electron chi connectivity index (χ0n) is 29.8. The van der Waals surface area contributed by atoms with E-state index in [2.05, 4.69) is 15.1 Å². The summed E-state index contributed by atoms with van der Waals surface area (Å²) < 4.78 is 3.20. The first-order valence-electron chi connectivity index (χ1n) is 17.8. The Balaban J connectivity index is 0.953. The van der Waals surface area contributed by atoms with E-state index in [9.17, 15) is 19.5 Å². The molecule has 2 fully saturated rings. The van der Waals surface area contributed by atoms with Gasteiger partial charge in [-0.1, -0.05) is 30.3 Å². The third-order valence-corrected chi connectivity index (χ3v) is 12.8. The van der Waals surface area contributed by atoms with Crippen molar-refractivity contribution >= 4 is 45.4 Å². The normalized spacial score (nSPS) is 18.8. The highest BCUT2D eigenvalue weighted by Gasteiger charge is 2.42. The molecule has 0 saturated carbocycles. The largest absolute Gasteiger partial charge is 0.388 e. The minimum Gasteiger partial charge on any atom is -0.388 e. The van der Waals surface area contributed by atoms with Crippen molar-refractivity contribution in [1.82, 2.24) is 39.1 Å². The first-order valence-corrected chi connectivity index (χ1v) is 19.5. The fourth-order valence-electron chi connectivity index (χ4n) is 7.60. The van der Waals surface area contributed by atoms with Crippen LogP contribution in [0.3, 0.4) is 0 Å². The number of hydrogen-bond donors (Lipinski definition) is 1. The zero-order chi connectivity index (χ0) is 36.9. The van der Waals surface area contributed by atoms with Crippen LogP contribution in [0.4, 0.5) is 0 Å². The Bertz CT molecular complexity index is 2360. The highest BCUT2D eigenvalue weighted by atomic mass is 32.1. The highest BCUT2D eigenvalue weighted by molar-refractivity contribution is 7.17. The van der Waals surface area contributed by atoms with Gasteiger partial charge in [0, 0.05) is 79.7 Å². The van der Waals surface area contributed by atoms with Crippen LogP contribution in [0.2, 0.25) is 0 Å². The van der Waals surface area contributed by atoms with Gasteiger partial charge in [0.1, 0.15) is 9.88 Å². The molecule has 12 nitrogen and oxygen atoms in total. The van der Waals surface area contributed by atoms with E-state index in [1.54, 1.807) is 17.1 Å². The number of rotatable bonds is 7. The maximum absolute atomic E-state index is 14.3. The summed E-state index contributed by atoms with van der Waals surface area (Å²) in [5.74, 6) is -0.529. The molecule has 272 valence electrons. The second-order valence-corrected chi connectivity index (χ2v) is 16.1. The van der Waals surface area contributed by atoms with E-state index in [1.165, 1.54) is 33.6 Å². The second kappa shape index (κ2) is 14.1. The molecule has 7 heterocycles. The Morgan fingerprint density at radius 3 is 2.49 bits per heavy atom. The lowest BCUT2D eigenvalue weighted by atomic mass is 9.79. The summed E-state index contributed by atoms with van der Waals surface area (Å²) in [6.45, 7) is 5.52. The topological polar surface area (TPSA) is 139 Å². The van der Waals surface area contributed by atoms with Gasteiger partial charge in [0.15, 0.2) is 0 Å². The van der Waals surface area contributed by atoms with Crippen LogP contribution in [0.25, 0.3) is 31.9 Å². The van der Waals surface area contributed by atoms with Gasteiger partial charge in [-0.2, -0.15) is 5.10 Å². The maximum Gasteiger partial charge on any atom is 0.265 e. The fourth-order valence-corrected chi connectivity index (χ4v) is 9.59. The number of carbonyl (C=O) groups is 2. The first kappa shape index (κ1) is 35.0. The van der Waals surface area contributed by atoms with Crippen LogP contribution >= 0.6 is 22.7 Å². The van der Waals surface area contributed by atoms with Crippen molar-refractivity contribution in [3.63, 3.8) is 0 Å². The number of aliphatic hydroxyl groups is 1. The van der Waals surface area contributed by atoms with E-state index in [0.29, 0.717) is 66.9 Å². The van der Waals surface area contributed by atoms with Crippen LogP contribution in [0, 0.1) is 19.8 Å². The van der Waals surface area contributed by atoms with Crippen LogP contribution in [0.1, 0.15) is 51.8 Å². The Morgan fingerprint density at radius 2 is 1.77 bits per heavy atom. The van der Waals surface area contributed by atoms with Crippen molar-refractivity contribution in [2.45, 2.75) is 51.2 Å². The molecule has 2 amide bonds. The molecule has 0 bridgehead atoms. The van der Waals surface area contributed by atoms with Crippen LogP contribution in [0.15, 0.2) is 77.6 Å². The molecule has 2 aliphatic rings. The van der Waals surface area contributed by atoms with Gasteiger partial charge in [-0.25, -0.2) is 9.97 Å². The van der Waals surface area contributed by atoms with Crippen molar-refractivity contribution in [3.05, 3.63) is 105 Å². The molecular weight excluding hydrogens is 709 g/mol. The van der Waals surface area contributed by atoms with E-state index in [-0.39, 0.29) is 35.8 Å². The predicted molar refractivity (Wildman–Crippen MR) is 205 cm³/mol. The van der Waals surface area contributed by atoms with Crippen LogP contribution in [-0.4, -0.2) is 87.8 Å². The predicted octanol–water partition coefficient (Wildman–Crippen LogP) is 5.29. The molecule has 0 radical (unpaired) electrons. The molecule has 0 unspecified atom stereocenters. The molecule has 53 heavy (non-hydrogen) atoms. The highest BCUT2D eigenvalue weighted by Crippen LogP contribution is 2.38. The van der Waals surface area contributed by atoms with Gasteiger partial charge < -0.3 is 14.9 Å². The van der Waals surface area contributed by atoms with Gasteiger partial charge >= 0.3 is 0 Å². The number of likely N-dealkylation sites (tertiary alicyclic amines) is 2. The number of thiazole rings is 1. The molecule has 1 N–H and O–H groups in total. The summed E-state index contributed by atoms with van der Waals surface area (Å²) in [6.07, 6.45) is 8.15. The number of piperidine rings is 2. The number of pyridine rings is 1. The van der Waals surface area contributed by atoms with Crippen molar-refractivity contribution < 1.29 is 14.7 Å². The van der Waals surface area contributed by atoms with E-state index >= 15 is 0 Å². The lowest BCUT2D eigenvalue weighted by Gasteiger charge is -2.43. The lowest BCUT2D eigenvalue weighted by Crippen LogP contribution is -2.53. The molecule has 1 aromatic carbocycles. The number of benzene rings is 1. The van der Waals surface area contributed by atoms with Crippen molar-refractivity contribution in [2.24, 2.45) is 13.0 Å². The van der Waals surface area contributed by atoms with Crippen LogP contribution in [0.5, 0.6) is 0 Å². The first-order chi connectivity index (χ1) is 25.6. The van der Waals surface area contributed by atoms with E-state index in [1.807, 2.05) is 84.7 Å². The number of aromatic nitrogens is 6. The number of aryl methyl sites for hydroxylation is 3. The number of fused-ring (bicyclic) bond motifs is 1. The average molecular weight is 749 g/mol. The van der Waals surface area contributed by atoms with Gasteiger partial charge in [0.2, 0.25) is 5.91 Å². The SMILES string of the molecule is Cc1ccc(-c2nc(C)c(C(=O)N3CC[C@@H](C(=O)N4CCC(O)(Cn5cnc6c(-c7cnn(C)c7)scc6c5=O)CC4)[C@H](c4ccccc4)C3)s2)cn1. The molecule has 5 aromatic heterocycles. The molecular formula is C39H40N8O4S2. The quantitative estimate of drug-likeness (QED) is 0.232. The average Bonchev–Trinajstić information content (AvgIpc) is 3.91. The smallest absolute Gasteiger partial charge is 0.265 e. The summed E-state index contributed by atoms with van der Waals surface area (Å²) in [4.78, 5) is 60.7. The van der Waals surface area contributed by atoms with E-state index < -0.39 is 5.60 Å². The number of amides is 2. The number of carbonyl (C=O) groups excluding carboxylic acids is 2. The third-order valence-electron chi connectivity index (χ3n) is 10.6. The Labute approximate surface area is 314 Å². The minimum atomic E-state index is -1.16. The van der Waals surface area contributed by atoms with Gasteiger partial charge in [-0.05, 0) is 50.8 Å². The van der Waals surface area contributed by atoms with Crippen molar-refractivity contribution in [1.29, 1.82) is 0 Å². The molecule has 0 aliphatic carbocycles. The molecule has 2 aliphatic heterocycles. The fraction of sp³-hybridized carbons (Fsp3) is 0.359. The summed E-state index contributed by atoms with van der Waals surface area (Å²) >= 11 is 2.83. The molecule has 6 aromatic rings. The number of thiophene rings is 1. The Hall–Kier alpha value is -5.05. The lowest BCUT2D eigenvalue weighted by molar-refractivity contribution is -0.142. The minimum absolute atomic E-state index is 0.0394. The van der Waals surface area contributed by atoms with Gasteiger partial charge in [0.25, 0.3) is 11.5 Å². The molecule has 2 atom stereocenters. The molecule has 14 heteroatoms. The standard InChI is InChI=1S/C39H40N8O4S2/c1-24-9-10-27(17-40-24)35-43-25(2)33(53-35)38(50)46-14-11-29(30(20-46)26-7-5-4-6-8-26)36(48)45-15-12-39(51,13-16-45)22-47-23-41-32-31(37(47)49)21-52-34(32)28-18-42-44(3)19-28/h4-10,17-19,21,23,29-30,51H,11-16,20,22H2,1-3H3/t29-,30+/m1/s1. The third kappa shape index (κ3) is 6.82. The van der Waals surface area contributed by atoms with E-state index in [4.69, 9.17) is 4.98 Å². The molecule has 0 spiro atoms.